The first-order chi connectivity index (χ1) is 10.1. The first-order valence-corrected chi connectivity index (χ1v) is 6.80. The van der Waals surface area contributed by atoms with Crippen LogP contribution in [0.2, 0.25) is 0 Å². The third-order valence-electron chi connectivity index (χ3n) is 3.64. The second-order valence-corrected chi connectivity index (χ2v) is 5.12. The van der Waals surface area contributed by atoms with Crippen LogP contribution < -0.4 is 0 Å². The number of aromatic nitrogens is 1. The zero-order valence-electron chi connectivity index (χ0n) is 11.3. The number of rotatable bonds is 4. The van der Waals surface area contributed by atoms with Gasteiger partial charge in [0.15, 0.2) is 0 Å². The molecule has 1 saturated heterocycles. The molecular weight excluding hydrogens is 275 g/mol. The molecule has 1 aliphatic rings. The third kappa shape index (κ3) is 2.95. The summed E-state index contributed by atoms with van der Waals surface area (Å²) in [4.78, 5) is 17.3. The molecule has 0 radical (unpaired) electrons. The number of aliphatic carboxylic acids is 1. The Labute approximate surface area is 121 Å². The largest absolute Gasteiger partial charge is 0.480 e. The van der Waals surface area contributed by atoms with Crippen LogP contribution in [0.5, 0.6) is 0 Å². The Morgan fingerprint density at radius 1 is 1.52 bits per heavy atom. The van der Waals surface area contributed by atoms with E-state index >= 15 is 0 Å². The van der Waals surface area contributed by atoms with Crippen LogP contribution in [0.3, 0.4) is 0 Å². The first-order valence-electron chi connectivity index (χ1n) is 6.80. The molecule has 6 heteroatoms. The number of nitrogens with zero attached hydrogens (tertiary/aromatic N) is 2. The molecule has 1 N–H and O–H groups in total. The molecule has 1 atom stereocenters. The maximum atomic E-state index is 13.2. The molecule has 5 nitrogen and oxygen atoms in total. The van der Waals surface area contributed by atoms with Gasteiger partial charge in [-0.25, -0.2) is 9.37 Å². The molecule has 1 unspecified atom stereocenters. The molecule has 0 bridgehead atoms. The van der Waals surface area contributed by atoms with E-state index in [1.54, 1.807) is 12.1 Å². The number of benzene rings is 1. The second-order valence-electron chi connectivity index (χ2n) is 5.12. The molecular formula is C15H15FN2O3. The Balaban J connectivity index is 1.75. The summed E-state index contributed by atoms with van der Waals surface area (Å²) in [5.74, 6) is -0.811. The minimum absolute atomic E-state index is 0.343. The standard InChI is InChI=1S/C15H15FN2O3/c16-11-4-1-3-10(7-11)14-17-12(9-21-14)8-18-6-2-5-13(18)15(19)20/h1,3-4,7,9,13H,2,5-6,8H2,(H,19,20). The van der Waals surface area contributed by atoms with Crippen LogP contribution in [0, 0.1) is 5.82 Å². The van der Waals surface area contributed by atoms with Gasteiger partial charge in [-0.2, -0.15) is 0 Å². The van der Waals surface area contributed by atoms with Gasteiger partial charge in [0.05, 0.1) is 5.69 Å². The number of hydrogen-bond acceptors (Lipinski definition) is 4. The fourth-order valence-electron chi connectivity index (χ4n) is 2.64. The van der Waals surface area contributed by atoms with Crippen LogP contribution in [0.25, 0.3) is 11.5 Å². The van der Waals surface area contributed by atoms with Gasteiger partial charge in [-0.05, 0) is 37.6 Å². The van der Waals surface area contributed by atoms with Crippen LogP contribution >= 0.6 is 0 Å². The van der Waals surface area contributed by atoms with Gasteiger partial charge < -0.3 is 9.52 Å². The Hall–Kier alpha value is -2.21. The van der Waals surface area contributed by atoms with E-state index < -0.39 is 12.0 Å². The second kappa shape index (κ2) is 5.65. The lowest BCUT2D eigenvalue weighted by Gasteiger charge is -2.19. The average Bonchev–Trinajstić information content (AvgIpc) is 3.08. The summed E-state index contributed by atoms with van der Waals surface area (Å²) in [7, 11) is 0. The molecule has 1 aliphatic heterocycles. The van der Waals surface area contributed by atoms with Gasteiger partial charge in [0.2, 0.25) is 5.89 Å². The van der Waals surface area contributed by atoms with Crippen LogP contribution in [0.1, 0.15) is 18.5 Å². The van der Waals surface area contributed by atoms with Crippen molar-refractivity contribution < 1.29 is 18.7 Å². The van der Waals surface area contributed by atoms with Gasteiger partial charge in [0.25, 0.3) is 0 Å². The molecule has 0 aliphatic carbocycles. The van der Waals surface area contributed by atoms with Gasteiger partial charge in [-0.15, -0.1) is 0 Å². The van der Waals surface area contributed by atoms with Crippen LogP contribution in [0.15, 0.2) is 34.9 Å². The Morgan fingerprint density at radius 3 is 3.14 bits per heavy atom. The van der Waals surface area contributed by atoms with E-state index in [2.05, 4.69) is 4.98 Å². The number of oxazole rings is 1. The highest BCUT2D eigenvalue weighted by Gasteiger charge is 2.30. The van der Waals surface area contributed by atoms with E-state index in [1.165, 1.54) is 18.4 Å². The highest BCUT2D eigenvalue weighted by atomic mass is 19.1. The van der Waals surface area contributed by atoms with Crippen molar-refractivity contribution in [1.29, 1.82) is 0 Å². The monoisotopic (exact) mass is 290 g/mol. The van der Waals surface area contributed by atoms with Crippen molar-refractivity contribution in [3.05, 3.63) is 42.0 Å². The lowest BCUT2D eigenvalue weighted by atomic mass is 10.2. The van der Waals surface area contributed by atoms with Gasteiger partial charge in [0, 0.05) is 12.1 Å². The number of hydrogen-bond donors (Lipinski definition) is 1. The van der Waals surface area contributed by atoms with Gasteiger partial charge >= 0.3 is 5.97 Å². The Bertz CT molecular complexity index is 656. The van der Waals surface area contributed by atoms with Crippen molar-refractivity contribution >= 4 is 5.97 Å². The molecule has 21 heavy (non-hydrogen) atoms. The summed E-state index contributed by atoms with van der Waals surface area (Å²) >= 11 is 0. The molecule has 1 fully saturated rings. The molecule has 1 aromatic carbocycles. The van der Waals surface area contributed by atoms with E-state index in [-0.39, 0.29) is 5.82 Å². The molecule has 2 aromatic rings. The molecule has 110 valence electrons. The quantitative estimate of drug-likeness (QED) is 0.937. The van der Waals surface area contributed by atoms with E-state index in [1.807, 2.05) is 4.90 Å². The number of carboxylic acids is 1. The van der Waals surface area contributed by atoms with Crippen molar-refractivity contribution in [2.24, 2.45) is 0 Å². The number of likely N-dealkylation sites (tertiary alicyclic amines) is 1. The summed E-state index contributed by atoms with van der Waals surface area (Å²) in [5, 5.41) is 9.15. The fraction of sp³-hybridized carbons (Fsp3) is 0.333. The maximum Gasteiger partial charge on any atom is 0.320 e. The highest BCUT2D eigenvalue weighted by Crippen LogP contribution is 2.23. The number of halogens is 1. The molecule has 0 amide bonds. The Kier molecular flexibility index (Phi) is 3.70. The molecule has 0 saturated carbocycles. The van der Waals surface area contributed by atoms with E-state index in [0.29, 0.717) is 30.1 Å². The predicted octanol–water partition coefficient (Wildman–Crippen LogP) is 2.53. The smallest absolute Gasteiger partial charge is 0.320 e. The Morgan fingerprint density at radius 2 is 2.38 bits per heavy atom. The normalized spacial score (nSPS) is 19.0. The number of carboxylic acid groups (broad SMARTS) is 1. The van der Waals surface area contributed by atoms with Gasteiger partial charge in [-0.1, -0.05) is 6.07 Å². The summed E-state index contributed by atoms with van der Waals surface area (Å²) < 4.78 is 18.5. The van der Waals surface area contributed by atoms with Crippen LogP contribution in [-0.4, -0.2) is 33.5 Å². The molecule has 0 spiro atoms. The number of carbonyl (C=O) groups is 1. The van der Waals surface area contributed by atoms with Crippen LogP contribution in [0.4, 0.5) is 4.39 Å². The summed E-state index contributed by atoms with van der Waals surface area (Å²) in [6, 6.07) is 5.56. The SMILES string of the molecule is O=C(O)C1CCCN1Cc1coc(-c2cccc(F)c2)n1. The lowest BCUT2D eigenvalue weighted by Crippen LogP contribution is -2.35. The first kappa shape index (κ1) is 13.8. The van der Waals surface area contributed by atoms with E-state index in [9.17, 15) is 9.18 Å². The molecule has 2 heterocycles. The summed E-state index contributed by atoms with van der Waals surface area (Å²) in [5.41, 5.74) is 1.22. The van der Waals surface area contributed by atoms with Crippen molar-refractivity contribution in [3.8, 4) is 11.5 Å². The minimum atomic E-state index is -0.804. The van der Waals surface area contributed by atoms with Crippen LogP contribution in [-0.2, 0) is 11.3 Å². The lowest BCUT2D eigenvalue weighted by molar-refractivity contribution is -0.142. The average molecular weight is 290 g/mol. The van der Waals surface area contributed by atoms with E-state index in [4.69, 9.17) is 9.52 Å². The highest BCUT2D eigenvalue weighted by molar-refractivity contribution is 5.73. The minimum Gasteiger partial charge on any atom is -0.480 e. The van der Waals surface area contributed by atoms with Crippen molar-refractivity contribution in [2.75, 3.05) is 6.54 Å². The zero-order valence-corrected chi connectivity index (χ0v) is 11.3. The predicted molar refractivity (Wildman–Crippen MR) is 73.0 cm³/mol. The fourth-order valence-corrected chi connectivity index (χ4v) is 2.64. The summed E-state index contributed by atoms with van der Waals surface area (Å²) in [6.45, 7) is 1.16. The zero-order chi connectivity index (χ0) is 14.8. The molecule has 3 rings (SSSR count). The maximum absolute atomic E-state index is 13.2. The molecule has 1 aromatic heterocycles. The van der Waals surface area contributed by atoms with E-state index in [0.717, 1.165) is 13.0 Å². The van der Waals surface area contributed by atoms with Gasteiger partial charge in [-0.3, -0.25) is 9.69 Å². The summed E-state index contributed by atoms with van der Waals surface area (Å²) in [6.07, 6.45) is 3.02. The van der Waals surface area contributed by atoms with Crippen molar-refractivity contribution in [2.45, 2.75) is 25.4 Å². The third-order valence-corrected chi connectivity index (χ3v) is 3.64. The van der Waals surface area contributed by atoms with Gasteiger partial charge in [0.1, 0.15) is 18.1 Å². The van der Waals surface area contributed by atoms with Crippen molar-refractivity contribution in [1.82, 2.24) is 9.88 Å². The topological polar surface area (TPSA) is 66.6 Å². The van der Waals surface area contributed by atoms with Crippen molar-refractivity contribution in [3.63, 3.8) is 0 Å².